The maximum Gasteiger partial charge on any atom is 0.413 e. The second-order valence-corrected chi connectivity index (χ2v) is 4.89. The summed E-state index contributed by atoms with van der Waals surface area (Å²) < 4.78 is 6.51. The van der Waals surface area contributed by atoms with Crippen LogP contribution in [-0.2, 0) is 4.74 Å². The van der Waals surface area contributed by atoms with Gasteiger partial charge in [0.05, 0.1) is 0 Å². The molecule has 100 valence electrons. The normalized spacial score (nSPS) is 11.3. The van der Waals surface area contributed by atoms with Crippen molar-refractivity contribution < 1.29 is 14.3 Å². The Morgan fingerprint density at radius 1 is 1.47 bits per heavy atom. The molecule has 0 bridgehead atoms. The summed E-state index contributed by atoms with van der Waals surface area (Å²) in [5.41, 5.74) is -0.0296. The first kappa shape index (κ1) is 13.0. The van der Waals surface area contributed by atoms with Gasteiger partial charge < -0.3 is 4.74 Å². The molecule has 2 aromatic heterocycles. The van der Waals surface area contributed by atoms with E-state index in [1.807, 2.05) is 0 Å². The number of anilines is 1. The number of aromatic nitrogens is 3. The van der Waals surface area contributed by atoms with Gasteiger partial charge in [-0.05, 0) is 26.8 Å². The zero-order chi connectivity index (χ0) is 14.0. The molecule has 0 fully saturated rings. The van der Waals surface area contributed by atoms with E-state index in [0.29, 0.717) is 11.9 Å². The SMILES string of the molecule is CC(C)(C)OC(=O)Nc1nn2cccnc2c1C=O. The van der Waals surface area contributed by atoms with Gasteiger partial charge in [-0.3, -0.25) is 10.1 Å². The summed E-state index contributed by atoms with van der Waals surface area (Å²) in [5.74, 6) is 0.128. The van der Waals surface area contributed by atoms with Crippen molar-refractivity contribution in [2.45, 2.75) is 26.4 Å². The number of carbonyl (C=O) groups excluding carboxylic acids is 2. The maximum atomic E-state index is 11.7. The molecule has 0 aliphatic carbocycles. The number of carbonyl (C=O) groups is 2. The molecule has 0 radical (unpaired) electrons. The third-order valence-corrected chi connectivity index (χ3v) is 2.17. The molecule has 0 saturated carbocycles. The van der Waals surface area contributed by atoms with Gasteiger partial charge in [-0.1, -0.05) is 0 Å². The van der Waals surface area contributed by atoms with E-state index in [-0.39, 0.29) is 11.4 Å². The Morgan fingerprint density at radius 3 is 2.84 bits per heavy atom. The van der Waals surface area contributed by atoms with E-state index in [1.165, 1.54) is 4.52 Å². The Hall–Kier alpha value is -2.44. The first-order valence-corrected chi connectivity index (χ1v) is 5.69. The van der Waals surface area contributed by atoms with E-state index in [1.54, 1.807) is 39.2 Å². The summed E-state index contributed by atoms with van der Waals surface area (Å²) in [7, 11) is 0. The van der Waals surface area contributed by atoms with Crippen LogP contribution in [0.25, 0.3) is 5.65 Å². The van der Waals surface area contributed by atoms with Crippen LogP contribution in [-0.4, -0.2) is 32.6 Å². The van der Waals surface area contributed by atoms with Gasteiger partial charge in [0.25, 0.3) is 0 Å². The molecule has 2 aromatic rings. The van der Waals surface area contributed by atoms with E-state index >= 15 is 0 Å². The van der Waals surface area contributed by atoms with Gasteiger partial charge >= 0.3 is 6.09 Å². The van der Waals surface area contributed by atoms with Crippen molar-refractivity contribution in [2.75, 3.05) is 5.32 Å². The average molecular weight is 262 g/mol. The van der Waals surface area contributed by atoms with Gasteiger partial charge in [-0.25, -0.2) is 14.3 Å². The average Bonchev–Trinajstić information content (AvgIpc) is 2.63. The summed E-state index contributed by atoms with van der Waals surface area (Å²) in [6.45, 7) is 5.25. The van der Waals surface area contributed by atoms with Crippen molar-refractivity contribution in [1.29, 1.82) is 0 Å². The molecule has 0 saturated heterocycles. The number of aldehydes is 1. The van der Waals surface area contributed by atoms with Crippen molar-refractivity contribution in [3.63, 3.8) is 0 Å². The van der Waals surface area contributed by atoms with Crippen molar-refractivity contribution in [3.05, 3.63) is 24.0 Å². The van der Waals surface area contributed by atoms with Crippen LogP contribution in [0.4, 0.5) is 10.6 Å². The summed E-state index contributed by atoms with van der Waals surface area (Å²) >= 11 is 0. The lowest BCUT2D eigenvalue weighted by atomic mass is 10.2. The third kappa shape index (κ3) is 2.87. The second-order valence-electron chi connectivity index (χ2n) is 4.89. The lowest BCUT2D eigenvalue weighted by molar-refractivity contribution is 0.0635. The summed E-state index contributed by atoms with van der Waals surface area (Å²) in [5, 5.41) is 6.51. The van der Waals surface area contributed by atoms with E-state index in [0.717, 1.165) is 0 Å². The molecular weight excluding hydrogens is 248 g/mol. The molecule has 2 heterocycles. The Kier molecular flexibility index (Phi) is 3.20. The Balaban J connectivity index is 2.30. The number of nitrogens with one attached hydrogen (secondary N) is 1. The zero-order valence-corrected chi connectivity index (χ0v) is 10.9. The molecule has 7 nitrogen and oxygen atoms in total. The lowest BCUT2D eigenvalue weighted by Crippen LogP contribution is -2.27. The number of nitrogens with zero attached hydrogens (tertiary/aromatic N) is 3. The van der Waals surface area contributed by atoms with E-state index in [2.05, 4.69) is 15.4 Å². The molecular formula is C12H14N4O3. The molecule has 2 rings (SSSR count). The fourth-order valence-corrected chi connectivity index (χ4v) is 1.51. The summed E-state index contributed by atoms with van der Waals surface area (Å²) in [4.78, 5) is 26.8. The second kappa shape index (κ2) is 4.68. The molecule has 19 heavy (non-hydrogen) atoms. The van der Waals surface area contributed by atoms with Gasteiger partial charge in [-0.15, -0.1) is 5.10 Å². The Bertz CT molecular complexity index is 627. The fourth-order valence-electron chi connectivity index (χ4n) is 1.51. The minimum Gasteiger partial charge on any atom is -0.444 e. The van der Waals surface area contributed by atoms with Crippen molar-refractivity contribution in [2.24, 2.45) is 0 Å². The number of amides is 1. The molecule has 0 atom stereocenters. The Morgan fingerprint density at radius 2 is 2.21 bits per heavy atom. The zero-order valence-electron chi connectivity index (χ0n) is 10.9. The van der Waals surface area contributed by atoms with Crippen LogP contribution in [0.15, 0.2) is 18.5 Å². The summed E-state index contributed by atoms with van der Waals surface area (Å²) in [6.07, 6.45) is 3.11. The first-order chi connectivity index (χ1) is 8.90. The number of hydrogen-bond donors (Lipinski definition) is 1. The molecule has 0 spiro atoms. The van der Waals surface area contributed by atoms with Gasteiger partial charge in [0.15, 0.2) is 17.8 Å². The topological polar surface area (TPSA) is 85.6 Å². The quantitative estimate of drug-likeness (QED) is 0.835. The van der Waals surface area contributed by atoms with Crippen LogP contribution in [0.1, 0.15) is 31.1 Å². The number of ether oxygens (including phenoxy) is 1. The third-order valence-electron chi connectivity index (χ3n) is 2.17. The predicted octanol–water partition coefficient (Wildman–Crippen LogP) is 1.89. The molecule has 0 aliphatic heterocycles. The molecule has 0 unspecified atom stereocenters. The monoisotopic (exact) mass is 262 g/mol. The highest BCUT2D eigenvalue weighted by Gasteiger charge is 2.20. The lowest BCUT2D eigenvalue weighted by Gasteiger charge is -2.19. The number of rotatable bonds is 2. The van der Waals surface area contributed by atoms with Gasteiger partial charge in [0.2, 0.25) is 0 Å². The molecule has 0 aromatic carbocycles. The van der Waals surface area contributed by atoms with Crippen LogP contribution in [0.5, 0.6) is 0 Å². The van der Waals surface area contributed by atoms with Crippen LogP contribution < -0.4 is 5.32 Å². The van der Waals surface area contributed by atoms with Crippen molar-refractivity contribution in [1.82, 2.24) is 14.6 Å². The molecule has 1 amide bonds. The van der Waals surface area contributed by atoms with Gasteiger partial charge in [0.1, 0.15) is 11.2 Å². The first-order valence-electron chi connectivity index (χ1n) is 5.69. The molecule has 7 heteroatoms. The highest BCUT2D eigenvalue weighted by atomic mass is 16.6. The minimum atomic E-state index is -0.668. The van der Waals surface area contributed by atoms with Crippen LogP contribution in [0.2, 0.25) is 0 Å². The van der Waals surface area contributed by atoms with E-state index < -0.39 is 11.7 Å². The van der Waals surface area contributed by atoms with Crippen molar-refractivity contribution >= 4 is 23.8 Å². The van der Waals surface area contributed by atoms with E-state index in [9.17, 15) is 9.59 Å². The van der Waals surface area contributed by atoms with Crippen LogP contribution in [0.3, 0.4) is 0 Å². The molecule has 0 aliphatic rings. The number of hydrogen-bond acceptors (Lipinski definition) is 5. The van der Waals surface area contributed by atoms with E-state index in [4.69, 9.17) is 4.74 Å². The standard InChI is InChI=1S/C12H14N4O3/c1-12(2,3)19-11(18)14-9-8(7-17)10-13-5-4-6-16(10)15-9/h4-7H,1-3H3,(H,14,15,18). The summed E-state index contributed by atoms with van der Waals surface area (Å²) in [6, 6.07) is 1.67. The minimum absolute atomic E-state index is 0.128. The number of fused-ring (bicyclic) bond motifs is 1. The smallest absolute Gasteiger partial charge is 0.413 e. The molecule has 1 N–H and O–H groups in total. The predicted molar refractivity (Wildman–Crippen MR) is 68.2 cm³/mol. The Labute approximate surface area is 109 Å². The highest BCUT2D eigenvalue weighted by molar-refractivity contribution is 5.96. The maximum absolute atomic E-state index is 11.7. The van der Waals surface area contributed by atoms with Gasteiger partial charge in [-0.2, -0.15) is 0 Å². The van der Waals surface area contributed by atoms with Gasteiger partial charge in [0, 0.05) is 12.4 Å². The van der Waals surface area contributed by atoms with Crippen LogP contribution in [0, 0.1) is 0 Å². The van der Waals surface area contributed by atoms with Crippen molar-refractivity contribution in [3.8, 4) is 0 Å². The fraction of sp³-hybridized carbons (Fsp3) is 0.333. The largest absolute Gasteiger partial charge is 0.444 e. The van der Waals surface area contributed by atoms with Crippen LogP contribution >= 0.6 is 0 Å². The highest BCUT2D eigenvalue weighted by Crippen LogP contribution is 2.17.